The van der Waals surface area contributed by atoms with Crippen molar-refractivity contribution in [1.29, 1.82) is 0 Å². The summed E-state index contributed by atoms with van der Waals surface area (Å²) >= 11 is 0. The lowest BCUT2D eigenvalue weighted by Crippen LogP contribution is -1.78. The van der Waals surface area contributed by atoms with Crippen LogP contribution < -0.4 is 0 Å². The highest BCUT2D eigenvalue weighted by atomic mass is 14.6. The standard InChI is InChI=1S/C13H8N/c1-2-4-12-10(3-1)5-6-11-9-14-8-7-13(11)12/h1-3,5-9H. The van der Waals surface area contributed by atoms with Crippen molar-refractivity contribution in [3.05, 3.63) is 54.9 Å². The molecule has 0 aliphatic heterocycles. The Balaban J connectivity index is 2.61. The molecule has 65 valence electrons. The average Bonchev–Trinajstić information content (AvgIpc) is 2.29. The molecule has 1 heterocycles. The maximum atomic E-state index is 4.11. The van der Waals surface area contributed by atoms with Gasteiger partial charge in [-0.25, -0.2) is 0 Å². The topological polar surface area (TPSA) is 12.9 Å². The Hall–Kier alpha value is -1.89. The van der Waals surface area contributed by atoms with Crippen LogP contribution in [0.1, 0.15) is 0 Å². The van der Waals surface area contributed by atoms with Gasteiger partial charge in [0.2, 0.25) is 0 Å². The minimum Gasteiger partial charge on any atom is -0.264 e. The summed E-state index contributed by atoms with van der Waals surface area (Å²) in [6.45, 7) is 0. The second-order valence-corrected chi connectivity index (χ2v) is 3.30. The van der Waals surface area contributed by atoms with Gasteiger partial charge in [0.05, 0.1) is 0 Å². The Morgan fingerprint density at radius 1 is 1.00 bits per heavy atom. The van der Waals surface area contributed by atoms with Crippen molar-refractivity contribution in [2.75, 3.05) is 0 Å². The van der Waals surface area contributed by atoms with Gasteiger partial charge >= 0.3 is 0 Å². The minimum atomic E-state index is 1.17. The second-order valence-electron chi connectivity index (χ2n) is 3.30. The predicted molar refractivity (Wildman–Crippen MR) is 58.1 cm³/mol. The molecule has 3 rings (SSSR count). The van der Waals surface area contributed by atoms with Crippen molar-refractivity contribution < 1.29 is 0 Å². The summed E-state index contributed by atoms with van der Waals surface area (Å²) in [5, 5.41) is 4.79. The fourth-order valence-corrected chi connectivity index (χ4v) is 1.77. The first-order chi connectivity index (χ1) is 6.95. The Bertz CT molecular complexity index is 544. The molecule has 0 bridgehead atoms. The van der Waals surface area contributed by atoms with Crippen molar-refractivity contribution in [3.8, 4) is 0 Å². The molecule has 0 aliphatic carbocycles. The lowest BCUT2D eigenvalue weighted by Gasteiger charge is -2.01. The highest BCUT2D eigenvalue weighted by Gasteiger charge is 1.98. The van der Waals surface area contributed by atoms with E-state index in [1.165, 1.54) is 21.5 Å². The molecule has 0 spiro atoms. The van der Waals surface area contributed by atoms with Gasteiger partial charge in [-0.2, -0.15) is 0 Å². The Kier molecular flexibility index (Phi) is 1.51. The smallest absolute Gasteiger partial charge is 0.0346 e. The maximum Gasteiger partial charge on any atom is 0.0346 e. The third-order valence-electron chi connectivity index (χ3n) is 2.45. The summed E-state index contributed by atoms with van der Waals surface area (Å²) in [7, 11) is 0. The molecule has 0 fully saturated rings. The van der Waals surface area contributed by atoms with Crippen LogP contribution in [-0.4, -0.2) is 4.98 Å². The number of aromatic nitrogens is 1. The summed E-state index contributed by atoms with van der Waals surface area (Å²) in [6, 6.07) is 15.6. The van der Waals surface area contributed by atoms with Crippen LogP contribution in [0.25, 0.3) is 21.5 Å². The number of benzene rings is 2. The zero-order valence-electron chi connectivity index (χ0n) is 7.57. The second kappa shape index (κ2) is 2.81. The molecule has 0 saturated heterocycles. The van der Waals surface area contributed by atoms with E-state index in [0.29, 0.717) is 0 Å². The molecular weight excluding hydrogens is 170 g/mol. The first-order valence-electron chi connectivity index (χ1n) is 4.58. The highest BCUT2D eigenvalue weighted by molar-refractivity contribution is 6.06. The number of hydrogen-bond donors (Lipinski definition) is 0. The molecule has 1 nitrogen and oxygen atoms in total. The van der Waals surface area contributed by atoms with E-state index in [4.69, 9.17) is 0 Å². The lowest BCUT2D eigenvalue weighted by molar-refractivity contribution is 1.37. The average molecular weight is 178 g/mol. The Labute approximate surface area is 82.0 Å². The molecule has 0 unspecified atom stereocenters. The van der Waals surface area contributed by atoms with Gasteiger partial charge in [-0.05, 0) is 28.3 Å². The van der Waals surface area contributed by atoms with E-state index >= 15 is 0 Å². The van der Waals surface area contributed by atoms with Crippen molar-refractivity contribution in [3.63, 3.8) is 0 Å². The van der Waals surface area contributed by atoms with Gasteiger partial charge in [-0.1, -0.05) is 30.3 Å². The fraction of sp³-hybridized carbons (Fsp3) is 0. The van der Waals surface area contributed by atoms with Gasteiger partial charge in [0.25, 0.3) is 0 Å². The van der Waals surface area contributed by atoms with Crippen molar-refractivity contribution >= 4 is 21.5 Å². The third kappa shape index (κ3) is 0.990. The molecule has 14 heavy (non-hydrogen) atoms. The summed E-state index contributed by atoms with van der Waals surface area (Å²) in [5.41, 5.74) is 0. The lowest BCUT2D eigenvalue weighted by atomic mass is 10.0. The van der Waals surface area contributed by atoms with E-state index in [2.05, 4.69) is 29.2 Å². The van der Waals surface area contributed by atoms with E-state index in [9.17, 15) is 0 Å². The van der Waals surface area contributed by atoms with Crippen LogP contribution in [0.5, 0.6) is 0 Å². The predicted octanol–water partition coefficient (Wildman–Crippen LogP) is 3.19. The molecule has 0 saturated carbocycles. The van der Waals surface area contributed by atoms with Gasteiger partial charge in [0.1, 0.15) is 0 Å². The third-order valence-corrected chi connectivity index (χ3v) is 2.45. The molecule has 0 N–H and O–H groups in total. The monoisotopic (exact) mass is 178 g/mol. The van der Waals surface area contributed by atoms with E-state index < -0.39 is 0 Å². The molecule has 3 aromatic rings. The van der Waals surface area contributed by atoms with Crippen molar-refractivity contribution in [2.24, 2.45) is 0 Å². The van der Waals surface area contributed by atoms with Gasteiger partial charge in [0.15, 0.2) is 0 Å². The van der Waals surface area contributed by atoms with E-state index in [-0.39, 0.29) is 0 Å². The molecule has 1 aromatic heterocycles. The first kappa shape index (κ1) is 7.51. The summed E-state index contributed by atoms with van der Waals surface area (Å²) in [4.78, 5) is 4.11. The summed E-state index contributed by atoms with van der Waals surface area (Å²) in [5.74, 6) is 0. The number of fused-ring (bicyclic) bond motifs is 3. The van der Waals surface area contributed by atoms with E-state index in [1.54, 1.807) is 0 Å². The van der Waals surface area contributed by atoms with Crippen LogP contribution in [0.3, 0.4) is 0 Å². The minimum absolute atomic E-state index is 1.17. The van der Waals surface area contributed by atoms with Gasteiger partial charge in [-0.3, -0.25) is 4.98 Å². The Morgan fingerprint density at radius 2 is 1.93 bits per heavy atom. The molecule has 1 heteroatoms. The highest BCUT2D eigenvalue weighted by Crippen LogP contribution is 2.23. The van der Waals surface area contributed by atoms with Crippen LogP contribution in [0, 0.1) is 6.07 Å². The van der Waals surface area contributed by atoms with E-state index in [1.807, 2.05) is 30.6 Å². The normalized spacial score (nSPS) is 10.9. The van der Waals surface area contributed by atoms with E-state index in [0.717, 1.165) is 0 Å². The van der Waals surface area contributed by atoms with Crippen LogP contribution >= 0.6 is 0 Å². The zero-order valence-corrected chi connectivity index (χ0v) is 7.57. The molecule has 0 aliphatic rings. The molecule has 1 radical (unpaired) electrons. The number of rotatable bonds is 0. The molecular formula is C13H8N. The van der Waals surface area contributed by atoms with Crippen LogP contribution in [0.2, 0.25) is 0 Å². The summed E-state index contributed by atoms with van der Waals surface area (Å²) in [6.07, 6.45) is 3.71. The Morgan fingerprint density at radius 3 is 2.93 bits per heavy atom. The van der Waals surface area contributed by atoms with Crippen LogP contribution in [0.15, 0.2) is 48.8 Å². The number of pyridine rings is 1. The quantitative estimate of drug-likeness (QED) is 0.482. The zero-order chi connectivity index (χ0) is 9.38. The fourth-order valence-electron chi connectivity index (χ4n) is 1.77. The largest absolute Gasteiger partial charge is 0.264 e. The van der Waals surface area contributed by atoms with Gasteiger partial charge in [-0.15, -0.1) is 0 Å². The molecule has 0 atom stereocenters. The van der Waals surface area contributed by atoms with Crippen molar-refractivity contribution in [1.82, 2.24) is 4.98 Å². The SMILES string of the molecule is [c]1cccc2ccc3cnccc3c12. The van der Waals surface area contributed by atoms with Gasteiger partial charge < -0.3 is 0 Å². The first-order valence-corrected chi connectivity index (χ1v) is 4.58. The number of nitrogens with zero attached hydrogens (tertiary/aromatic N) is 1. The van der Waals surface area contributed by atoms with Crippen LogP contribution in [0.4, 0.5) is 0 Å². The summed E-state index contributed by atoms with van der Waals surface area (Å²) < 4.78 is 0. The van der Waals surface area contributed by atoms with Gasteiger partial charge in [0, 0.05) is 17.8 Å². The molecule has 2 aromatic carbocycles. The van der Waals surface area contributed by atoms with Crippen molar-refractivity contribution in [2.45, 2.75) is 0 Å². The molecule has 0 amide bonds. The number of hydrogen-bond acceptors (Lipinski definition) is 1. The van der Waals surface area contributed by atoms with Crippen LogP contribution in [-0.2, 0) is 0 Å². The maximum absolute atomic E-state index is 4.11.